The molecule has 0 aliphatic heterocycles. The Morgan fingerprint density at radius 2 is 2.10 bits per heavy atom. The molecule has 5 heteroatoms. The summed E-state index contributed by atoms with van der Waals surface area (Å²) in [4.78, 5) is 12.5. The number of rotatable bonds is 2. The topological polar surface area (TPSA) is 78.9 Å². The third-order valence-corrected chi connectivity index (χ3v) is 3.05. The van der Waals surface area contributed by atoms with E-state index in [0.29, 0.717) is 28.3 Å². The molecule has 1 amide bonds. The van der Waals surface area contributed by atoms with Crippen molar-refractivity contribution in [1.29, 1.82) is 5.26 Å². The Bertz CT molecular complexity index is 718. The SMILES string of the molecule is Cc1onc(C(C)(C)C)c1C(=O)Nc1cccc(C#N)c1. The van der Waals surface area contributed by atoms with Gasteiger partial charge in [0.25, 0.3) is 5.91 Å². The molecule has 5 nitrogen and oxygen atoms in total. The predicted molar refractivity (Wildman–Crippen MR) is 79.1 cm³/mol. The predicted octanol–water partition coefficient (Wildman–Crippen LogP) is 3.40. The lowest BCUT2D eigenvalue weighted by atomic mass is 9.88. The van der Waals surface area contributed by atoms with Gasteiger partial charge in [-0.25, -0.2) is 0 Å². The van der Waals surface area contributed by atoms with Gasteiger partial charge in [-0.3, -0.25) is 4.79 Å². The third kappa shape index (κ3) is 3.11. The Kier molecular flexibility index (Phi) is 3.81. The summed E-state index contributed by atoms with van der Waals surface area (Å²) < 4.78 is 5.16. The molecule has 2 rings (SSSR count). The number of hydrogen-bond acceptors (Lipinski definition) is 4. The molecule has 0 atom stereocenters. The fourth-order valence-corrected chi connectivity index (χ4v) is 2.01. The fourth-order valence-electron chi connectivity index (χ4n) is 2.01. The Labute approximate surface area is 123 Å². The molecule has 1 aromatic carbocycles. The van der Waals surface area contributed by atoms with E-state index in [0.717, 1.165) is 0 Å². The van der Waals surface area contributed by atoms with Crippen molar-refractivity contribution in [2.24, 2.45) is 0 Å². The van der Waals surface area contributed by atoms with Crippen molar-refractivity contribution in [3.63, 3.8) is 0 Å². The van der Waals surface area contributed by atoms with E-state index in [4.69, 9.17) is 9.78 Å². The van der Waals surface area contributed by atoms with Crippen molar-refractivity contribution in [3.8, 4) is 6.07 Å². The highest BCUT2D eigenvalue weighted by Gasteiger charge is 2.28. The van der Waals surface area contributed by atoms with Crippen molar-refractivity contribution in [3.05, 3.63) is 46.8 Å². The molecule has 0 unspecified atom stereocenters. The summed E-state index contributed by atoms with van der Waals surface area (Å²) in [6, 6.07) is 8.80. The summed E-state index contributed by atoms with van der Waals surface area (Å²) in [5.41, 5.74) is 1.84. The number of carbonyl (C=O) groups excluding carboxylic acids is 1. The van der Waals surface area contributed by atoms with Crippen molar-refractivity contribution < 1.29 is 9.32 Å². The summed E-state index contributed by atoms with van der Waals surface area (Å²) in [6.45, 7) is 7.62. The first-order valence-corrected chi connectivity index (χ1v) is 6.61. The van der Waals surface area contributed by atoms with E-state index in [2.05, 4.69) is 10.5 Å². The van der Waals surface area contributed by atoms with Crippen LogP contribution in [0.4, 0.5) is 5.69 Å². The van der Waals surface area contributed by atoms with Gasteiger partial charge in [-0.15, -0.1) is 0 Å². The summed E-state index contributed by atoms with van der Waals surface area (Å²) in [5, 5.41) is 15.7. The Hall–Kier alpha value is -2.61. The minimum atomic E-state index is -0.293. The van der Waals surface area contributed by atoms with Crippen LogP contribution in [-0.2, 0) is 5.41 Å². The van der Waals surface area contributed by atoms with Gasteiger partial charge in [-0.05, 0) is 25.1 Å². The molecule has 0 spiro atoms. The van der Waals surface area contributed by atoms with E-state index in [1.54, 1.807) is 31.2 Å². The van der Waals surface area contributed by atoms with Crippen LogP contribution in [0.25, 0.3) is 0 Å². The van der Waals surface area contributed by atoms with Crippen LogP contribution in [0.2, 0.25) is 0 Å². The molecule has 0 saturated carbocycles. The molecule has 0 fully saturated rings. The largest absolute Gasteiger partial charge is 0.361 e. The number of amides is 1. The van der Waals surface area contributed by atoms with Gasteiger partial charge in [0, 0.05) is 11.1 Å². The maximum atomic E-state index is 12.5. The first kappa shape index (κ1) is 14.8. The minimum Gasteiger partial charge on any atom is -0.361 e. The summed E-state index contributed by atoms with van der Waals surface area (Å²) in [5.74, 6) is 0.197. The highest BCUT2D eigenvalue weighted by Crippen LogP contribution is 2.27. The number of nitrogens with one attached hydrogen (secondary N) is 1. The lowest BCUT2D eigenvalue weighted by Crippen LogP contribution is -2.21. The normalized spacial score (nSPS) is 11.0. The zero-order valence-corrected chi connectivity index (χ0v) is 12.5. The summed E-state index contributed by atoms with van der Waals surface area (Å²) in [6.07, 6.45) is 0. The molecule has 0 bridgehead atoms. The zero-order chi connectivity index (χ0) is 15.6. The first-order valence-electron chi connectivity index (χ1n) is 6.61. The zero-order valence-electron chi connectivity index (χ0n) is 12.5. The lowest BCUT2D eigenvalue weighted by Gasteiger charge is -2.16. The average Bonchev–Trinajstić information content (AvgIpc) is 2.81. The number of nitrogens with zero attached hydrogens (tertiary/aromatic N) is 2. The van der Waals surface area contributed by atoms with Crippen molar-refractivity contribution in [2.75, 3.05) is 5.32 Å². The molecule has 0 saturated heterocycles. The molecule has 1 heterocycles. The van der Waals surface area contributed by atoms with Crippen molar-refractivity contribution in [2.45, 2.75) is 33.1 Å². The van der Waals surface area contributed by atoms with Gasteiger partial charge < -0.3 is 9.84 Å². The van der Waals surface area contributed by atoms with Gasteiger partial charge in [0.2, 0.25) is 0 Å². The first-order chi connectivity index (χ1) is 9.82. The molecule has 21 heavy (non-hydrogen) atoms. The number of aryl methyl sites for hydroxylation is 1. The number of aromatic nitrogens is 1. The number of carbonyl (C=O) groups is 1. The van der Waals surface area contributed by atoms with Gasteiger partial charge in [0.05, 0.1) is 11.6 Å². The quantitative estimate of drug-likeness (QED) is 0.916. The molecule has 0 aliphatic rings. The summed E-state index contributed by atoms with van der Waals surface area (Å²) >= 11 is 0. The average molecular weight is 283 g/mol. The van der Waals surface area contributed by atoms with Crippen LogP contribution < -0.4 is 5.32 Å². The van der Waals surface area contributed by atoms with Crippen LogP contribution in [0.1, 0.15) is 48.1 Å². The third-order valence-electron chi connectivity index (χ3n) is 3.05. The molecule has 0 radical (unpaired) electrons. The van der Waals surface area contributed by atoms with Crippen molar-refractivity contribution >= 4 is 11.6 Å². The molecule has 2 aromatic rings. The Morgan fingerprint density at radius 3 is 2.71 bits per heavy atom. The van der Waals surface area contributed by atoms with E-state index < -0.39 is 0 Å². The second kappa shape index (κ2) is 5.41. The van der Waals surface area contributed by atoms with E-state index in [1.807, 2.05) is 26.8 Å². The van der Waals surface area contributed by atoms with Gasteiger partial charge >= 0.3 is 0 Å². The van der Waals surface area contributed by atoms with Gasteiger partial charge in [-0.1, -0.05) is 32.0 Å². The molecule has 108 valence electrons. The maximum Gasteiger partial charge on any atom is 0.261 e. The van der Waals surface area contributed by atoms with Crippen LogP contribution in [-0.4, -0.2) is 11.1 Å². The second-order valence-electron chi connectivity index (χ2n) is 5.86. The van der Waals surface area contributed by atoms with E-state index in [-0.39, 0.29) is 11.3 Å². The van der Waals surface area contributed by atoms with Crippen LogP contribution in [0.3, 0.4) is 0 Å². The number of benzene rings is 1. The molecule has 0 aliphatic carbocycles. The smallest absolute Gasteiger partial charge is 0.261 e. The minimum absolute atomic E-state index is 0.284. The molecule has 1 aromatic heterocycles. The highest BCUT2D eigenvalue weighted by molar-refractivity contribution is 6.06. The van der Waals surface area contributed by atoms with E-state index in [1.165, 1.54) is 0 Å². The highest BCUT2D eigenvalue weighted by atomic mass is 16.5. The number of hydrogen-bond donors (Lipinski definition) is 1. The van der Waals surface area contributed by atoms with Gasteiger partial charge in [0.15, 0.2) is 0 Å². The van der Waals surface area contributed by atoms with Crippen LogP contribution in [0.15, 0.2) is 28.8 Å². The van der Waals surface area contributed by atoms with E-state index >= 15 is 0 Å². The van der Waals surface area contributed by atoms with Crippen LogP contribution in [0.5, 0.6) is 0 Å². The summed E-state index contributed by atoms with van der Waals surface area (Å²) in [7, 11) is 0. The monoisotopic (exact) mass is 283 g/mol. The van der Waals surface area contributed by atoms with Gasteiger partial charge in [0.1, 0.15) is 17.0 Å². The Morgan fingerprint density at radius 1 is 1.38 bits per heavy atom. The fraction of sp³-hybridized carbons (Fsp3) is 0.312. The van der Waals surface area contributed by atoms with Gasteiger partial charge in [-0.2, -0.15) is 5.26 Å². The molecular weight excluding hydrogens is 266 g/mol. The van der Waals surface area contributed by atoms with E-state index in [9.17, 15) is 4.79 Å². The second-order valence-corrected chi connectivity index (χ2v) is 5.86. The Balaban J connectivity index is 2.33. The molecule has 1 N–H and O–H groups in total. The number of anilines is 1. The van der Waals surface area contributed by atoms with Crippen LogP contribution >= 0.6 is 0 Å². The molecular formula is C16H17N3O2. The van der Waals surface area contributed by atoms with Crippen LogP contribution in [0, 0.1) is 18.3 Å². The number of nitriles is 1. The lowest BCUT2D eigenvalue weighted by molar-refractivity contribution is 0.102. The van der Waals surface area contributed by atoms with Crippen molar-refractivity contribution in [1.82, 2.24) is 5.16 Å². The maximum absolute atomic E-state index is 12.5. The standard InChI is InChI=1S/C16H17N3O2/c1-10-13(14(19-21-10)16(2,3)4)15(20)18-12-7-5-6-11(8-12)9-17/h5-8H,1-4H3,(H,18,20).